The number of nitrogens with zero attached hydrogens (tertiary/aromatic N) is 3. The van der Waals surface area contributed by atoms with Gasteiger partial charge in [-0.15, -0.1) is 5.10 Å². The van der Waals surface area contributed by atoms with Gasteiger partial charge in [-0.3, -0.25) is 4.79 Å². The number of aromatic nitrogens is 3. The molecule has 1 N–H and O–H groups in total. The van der Waals surface area contributed by atoms with Crippen molar-refractivity contribution < 1.29 is 19.0 Å². The quantitative estimate of drug-likeness (QED) is 0.822. The molecule has 8 nitrogen and oxygen atoms in total. The van der Waals surface area contributed by atoms with Crippen molar-refractivity contribution in [2.75, 3.05) is 25.6 Å². The summed E-state index contributed by atoms with van der Waals surface area (Å²) in [6.07, 6.45) is 3.15. The Labute approximate surface area is 146 Å². The van der Waals surface area contributed by atoms with Crippen LogP contribution in [-0.2, 0) is 14.3 Å². The van der Waals surface area contributed by atoms with Gasteiger partial charge in [0, 0.05) is 12.7 Å². The second-order valence-corrected chi connectivity index (χ2v) is 5.85. The largest absolute Gasteiger partial charge is 0.497 e. The topological polar surface area (TPSA) is 87.5 Å². The molecule has 0 unspecified atom stereocenters. The van der Waals surface area contributed by atoms with E-state index in [-0.39, 0.29) is 12.0 Å². The third-order valence-corrected chi connectivity index (χ3v) is 3.99. The molecular formula is C17H22N4O4. The van der Waals surface area contributed by atoms with Gasteiger partial charge in [-0.2, -0.15) is 0 Å². The Bertz CT molecular complexity index is 712. The van der Waals surface area contributed by atoms with E-state index in [0.29, 0.717) is 12.4 Å². The average molecular weight is 346 g/mol. The normalized spacial score (nSPS) is 18.1. The van der Waals surface area contributed by atoms with Crippen molar-refractivity contribution in [3.05, 3.63) is 30.5 Å². The molecule has 134 valence electrons. The second-order valence-electron chi connectivity index (χ2n) is 5.85. The maximum atomic E-state index is 12.2. The lowest BCUT2D eigenvalue weighted by atomic mass is 10.2. The Morgan fingerprint density at radius 1 is 1.52 bits per heavy atom. The number of amides is 1. The number of benzene rings is 1. The van der Waals surface area contributed by atoms with Crippen LogP contribution in [0.3, 0.4) is 0 Å². The first-order chi connectivity index (χ1) is 12.2. The zero-order chi connectivity index (χ0) is 17.6. The summed E-state index contributed by atoms with van der Waals surface area (Å²) >= 11 is 0. The molecule has 1 saturated heterocycles. The first-order valence-corrected chi connectivity index (χ1v) is 8.26. The minimum Gasteiger partial charge on any atom is -0.497 e. The van der Waals surface area contributed by atoms with E-state index in [1.807, 2.05) is 24.3 Å². The Morgan fingerprint density at radius 3 is 3.16 bits per heavy atom. The minimum atomic E-state index is -0.592. The highest BCUT2D eigenvalue weighted by Crippen LogP contribution is 2.17. The molecular weight excluding hydrogens is 324 g/mol. The SMILES string of the molecule is COc1cccc(-n2cc(NC(=O)[C@H](C)OC[C@@H]3CCCO3)nn2)c1. The third-order valence-electron chi connectivity index (χ3n) is 3.99. The van der Waals surface area contributed by atoms with E-state index in [9.17, 15) is 4.79 Å². The first kappa shape index (κ1) is 17.4. The zero-order valence-electron chi connectivity index (χ0n) is 14.3. The molecule has 1 aromatic heterocycles. The Kier molecular flexibility index (Phi) is 5.62. The number of hydrogen-bond donors (Lipinski definition) is 1. The van der Waals surface area contributed by atoms with Crippen LogP contribution in [0.1, 0.15) is 19.8 Å². The molecule has 1 amide bonds. The number of anilines is 1. The van der Waals surface area contributed by atoms with Crippen molar-refractivity contribution in [3.8, 4) is 11.4 Å². The number of methoxy groups -OCH3 is 1. The Balaban J connectivity index is 1.55. The van der Waals surface area contributed by atoms with Gasteiger partial charge in [-0.05, 0) is 31.9 Å². The van der Waals surface area contributed by atoms with E-state index in [1.54, 1.807) is 24.9 Å². The van der Waals surface area contributed by atoms with E-state index < -0.39 is 6.10 Å². The molecule has 1 aliphatic heterocycles. The van der Waals surface area contributed by atoms with Crippen molar-refractivity contribution in [1.82, 2.24) is 15.0 Å². The fraction of sp³-hybridized carbons (Fsp3) is 0.471. The van der Waals surface area contributed by atoms with Gasteiger partial charge < -0.3 is 19.5 Å². The van der Waals surface area contributed by atoms with Gasteiger partial charge in [-0.1, -0.05) is 11.3 Å². The fourth-order valence-electron chi connectivity index (χ4n) is 2.53. The predicted octanol–water partition coefficient (Wildman–Crippen LogP) is 1.80. The Morgan fingerprint density at radius 2 is 2.40 bits per heavy atom. The molecule has 1 aliphatic rings. The summed E-state index contributed by atoms with van der Waals surface area (Å²) in [5, 5.41) is 10.7. The number of hydrogen-bond acceptors (Lipinski definition) is 6. The maximum absolute atomic E-state index is 12.2. The van der Waals surface area contributed by atoms with Gasteiger partial charge in [0.2, 0.25) is 0 Å². The fourth-order valence-corrected chi connectivity index (χ4v) is 2.53. The van der Waals surface area contributed by atoms with Crippen molar-refractivity contribution in [3.63, 3.8) is 0 Å². The monoisotopic (exact) mass is 346 g/mol. The molecule has 2 heterocycles. The molecule has 3 rings (SSSR count). The van der Waals surface area contributed by atoms with Crippen LogP contribution in [-0.4, -0.2) is 53.4 Å². The van der Waals surface area contributed by atoms with Gasteiger partial charge >= 0.3 is 0 Å². The molecule has 2 atom stereocenters. The highest BCUT2D eigenvalue weighted by Gasteiger charge is 2.20. The summed E-state index contributed by atoms with van der Waals surface area (Å²) in [7, 11) is 1.60. The van der Waals surface area contributed by atoms with Gasteiger partial charge in [-0.25, -0.2) is 4.68 Å². The van der Waals surface area contributed by atoms with E-state index in [0.717, 1.165) is 30.9 Å². The molecule has 1 fully saturated rings. The van der Waals surface area contributed by atoms with Crippen LogP contribution in [0, 0.1) is 0 Å². The summed E-state index contributed by atoms with van der Waals surface area (Å²) in [6.45, 7) is 2.89. The van der Waals surface area contributed by atoms with Gasteiger partial charge in [0.25, 0.3) is 5.91 Å². The number of nitrogens with one attached hydrogen (secondary N) is 1. The van der Waals surface area contributed by atoms with Crippen molar-refractivity contribution in [2.24, 2.45) is 0 Å². The summed E-state index contributed by atoms with van der Waals surface area (Å²) in [5.74, 6) is 0.811. The van der Waals surface area contributed by atoms with Gasteiger partial charge in [0.15, 0.2) is 5.82 Å². The molecule has 0 radical (unpaired) electrons. The maximum Gasteiger partial charge on any atom is 0.254 e. The summed E-state index contributed by atoms with van der Waals surface area (Å²) in [5.41, 5.74) is 0.787. The van der Waals surface area contributed by atoms with Crippen LogP contribution in [0.25, 0.3) is 5.69 Å². The average Bonchev–Trinajstić information content (AvgIpc) is 3.31. The molecule has 25 heavy (non-hydrogen) atoms. The molecule has 0 bridgehead atoms. The van der Waals surface area contributed by atoms with Crippen molar-refractivity contribution in [1.29, 1.82) is 0 Å². The predicted molar refractivity (Wildman–Crippen MR) is 90.9 cm³/mol. The standard InChI is InChI=1S/C17H22N4O4/c1-12(25-11-15-7-4-8-24-15)17(22)18-16-10-21(20-19-16)13-5-3-6-14(9-13)23-2/h3,5-6,9-10,12,15H,4,7-8,11H2,1-2H3,(H,18,22)/t12-,15-/m0/s1. The number of rotatable bonds is 7. The van der Waals surface area contributed by atoms with Gasteiger partial charge in [0.05, 0.1) is 31.7 Å². The first-order valence-electron chi connectivity index (χ1n) is 8.26. The van der Waals surface area contributed by atoms with Crippen LogP contribution >= 0.6 is 0 Å². The van der Waals surface area contributed by atoms with E-state index in [2.05, 4.69) is 15.6 Å². The lowest BCUT2D eigenvalue weighted by Crippen LogP contribution is -2.30. The van der Waals surface area contributed by atoms with Crippen LogP contribution in [0.15, 0.2) is 30.5 Å². The summed E-state index contributed by atoms with van der Waals surface area (Å²) in [4.78, 5) is 12.2. The molecule has 0 spiro atoms. The lowest BCUT2D eigenvalue weighted by Gasteiger charge is -2.15. The van der Waals surface area contributed by atoms with E-state index in [1.165, 1.54) is 0 Å². The Hall–Kier alpha value is -2.45. The molecule has 0 aliphatic carbocycles. The smallest absolute Gasteiger partial charge is 0.254 e. The van der Waals surface area contributed by atoms with E-state index >= 15 is 0 Å². The summed E-state index contributed by atoms with van der Waals surface area (Å²) < 4.78 is 17.8. The van der Waals surface area contributed by atoms with Gasteiger partial charge in [0.1, 0.15) is 11.9 Å². The molecule has 0 saturated carbocycles. The van der Waals surface area contributed by atoms with Crippen LogP contribution in [0.4, 0.5) is 5.82 Å². The number of carbonyl (C=O) groups excluding carboxylic acids is 1. The van der Waals surface area contributed by atoms with E-state index in [4.69, 9.17) is 14.2 Å². The van der Waals surface area contributed by atoms with Crippen molar-refractivity contribution in [2.45, 2.75) is 32.0 Å². The minimum absolute atomic E-state index is 0.0872. The second kappa shape index (κ2) is 8.09. The zero-order valence-corrected chi connectivity index (χ0v) is 14.3. The molecule has 1 aromatic carbocycles. The molecule has 2 aromatic rings. The highest BCUT2D eigenvalue weighted by atomic mass is 16.5. The van der Waals surface area contributed by atoms with Crippen LogP contribution in [0.2, 0.25) is 0 Å². The lowest BCUT2D eigenvalue weighted by molar-refractivity contribution is -0.128. The highest BCUT2D eigenvalue weighted by molar-refractivity contribution is 5.92. The number of carbonyl (C=O) groups is 1. The number of ether oxygens (including phenoxy) is 3. The van der Waals surface area contributed by atoms with Crippen LogP contribution in [0.5, 0.6) is 5.75 Å². The third kappa shape index (κ3) is 4.55. The van der Waals surface area contributed by atoms with Crippen molar-refractivity contribution >= 4 is 11.7 Å². The summed E-state index contributed by atoms with van der Waals surface area (Å²) in [6, 6.07) is 7.40. The molecule has 8 heteroatoms. The van der Waals surface area contributed by atoms with Crippen LogP contribution < -0.4 is 10.1 Å².